The quantitative estimate of drug-likeness (QED) is 0.192. The average Bonchev–Trinajstić information content (AvgIpc) is 2.99. The number of para-hydroxylation sites is 4. The van der Waals surface area contributed by atoms with Gasteiger partial charge in [-0.15, -0.1) is 0 Å². The number of hydrogen-bond donors (Lipinski definition) is 1. The van der Waals surface area contributed by atoms with Crippen molar-refractivity contribution in [1.82, 2.24) is 14.5 Å². The molecular weight excluding hydrogens is 536 g/mol. The summed E-state index contributed by atoms with van der Waals surface area (Å²) in [5.41, 5.74) is 4.08. The van der Waals surface area contributed by atoms with Gasteiger partial charge in [0.25, 0.3) is 5.56 Å². The van der Waals surface area contributed by atoms with Crippen LogP contribution in [-0.4, -0.2) is 34.1 Å². The van der Waals surface area contributed by atoms with Crippen molar-refractivity contribution in [2.45, 2.75) is 79.2 Å². The standard InChI is InChI=1S/C36H46N4O3/c1-9-30(34-37-29-18-11-10-15-28(29)35(41)40(34)31-19-12-13-20-32(31)43-8)39(22-21-23(2)3)36(42)38-33-26(24(4)5)16-14-17-27(33)25(6)7/h10-20,23-25,30H,9,21-22H2,1-8H3,(H,38,42). The molecule has 1 unspecified atom stereocenters. The first-order chi connectivity index (χ1) is 20.6. The molecule has 0 aliphatic carbocycles. The fourth-order valence-electron chi connectivity index (χ4n) is 5.63. The third kappa shape index (κ3) is 6.76. The van der Waals surface area contributed by atoms with Crippen LogP contribution in [0.25, 0.3) is 16.6 Å². The van der Waals surface area contributed by atoms with Gasteiger partial charge in [0.05, 0.1) is 29.7 Å². The number of carbonyl (C=O) groups excluding carboxylic acids is 1. The lowest BCUT2D eigenvalue weighted by Crippen LogP contribution is -2.42. The predicted molar refractivity (Wildman–Crippen MR) is 177 cm³/mol. The van der Waals surface area contributed by atoms with Crippen molar-refractivity contribution >= 4 is 22.6 Å². The minimum Gasteiger partial charge on any atom is -0.495 e. The summed E-state index contributed by atoms with van der Waals surface area (Å²) in [6.07, 6.45) is 1.37. The first-order valence-electron chi connectivity index (χ1n) is 15.4. The first-order valence-corrected chi connectivity index (χ1v) is 15.4. The Balaban J connectivity index is 1.93. The van der Waals surface area contributed by atoms with E-state index in [1.54, 1.807) is 17.7 Å². The SMILES string of the molecule is CCC(c1nc2ccccc2c(=O)n1-c1ccccc1OC)N(CCC(C)C)C(=O)Nc1c(C(C)C)cccc1C(C)C. The highest BCUT2D eigenvalue weighted by atomic mass is 16.5. The van der Waals surface area contributed by atoms with Gasteiger partial charge >= 0.3 is 6.03 Å². The third-order valence-electron chi connectivity index (χ3n) is 8.00. The van der Waals surface area contributed by atoms with Gasteiger partial charge in [-0.1, -0.05) is 90.9 Å². The van der Waals surface area contributed by atoms with Gasteiger partial charge in [-0.2, -0.15) is 0 Å². The van der Waals surface area contributed by atoms with E-state index < -0.39 is 6.04 Å². The van der Waals surface area contributed by atoms with Gasteiger partial charge in [0.2, 0.25) is 0 Å². The van der Waals surface area contributed by atoms with E-state index in [0.29, 0.717) is 47.0 Å². The molecule has 3 aromatic carbocycles. The van der Waals surface area contributed by atoms with E-state index >= 15 is 0 Å². The molecule has 7 heteroatoms. The molecule has 0 saturated heterocycles. The van der Waals surface area contributed by atoms with Crippen LogP contribution >= 0.6 is 0 Å². The van der Waals surface area contributed by atoms with E-state index in [-0.39, 0.29) is 23.4 Å². The van der Waals surface area contributed by atoms with E-state index in [9.17, 15) is 9.59 Å². The molecule has 0 spiro atoms. The Bertz CT molecular complexity index is 1600. The molecule has 0 bridgehead atoms. The molecule has 4 rings (SSSR count). The van der Waals surface area contributed by atoms with Crippen LogP contribution < -0.4 is 15.6 Å². The summed E-state index contributed by atoms with van der Waals surface area (Å²) in [5, 5.41) is 3.84. The number of methoxy groups -OCH3 is 1. The second kappa shape index (κ2) is 13.9. The molecule has 0 saturated carbocycles. The van der Waals surface area contributed by atoms with Crippen LogP contribution in [-0.2, 0) is 0 Å². The number of urea groups is 1. The number of anilines is 1. The van der Waals surface area contributed by atoms with Gasteiger partial charge in [0.15, 0.2) is 0 Å². The van der Waals surface area contributed by atoms with E-state index in [4.69, 9.17) is 9.72 Å². The molecule has 0 fully saturated rings. The van der Waals surface area contributed by atoms with E-state index in [0.717, 1.165) is 23.2 Å². The molecule has 0 aliphatic rings. The number of carbonyl (C=O) groups is 1. The number of hydrogen-bond acceptors (Lipinski definition) is 4. The van der Waals surface area contributed by atoms with E-state index in [2.05, 4.69) is 65.1 Å². The summed E-state index contributed by atoms with van der Waals surface area (Å²) < 4.78 is 7.32. The molecule has 0 aliphatic heterocycles. The molecule has 43 heavy (non-hydrogen) atoms. The smallest absolute Gasteiger partial charge is 0.322 e. The van der Waals surface area contributed by atoms with Crippen molar-refractivity contribution in [2.24, 2.45) is 5.92 Å². The van der Waals surface area contributed by atoms with E-state index in [1.165, 1.54) is 0 Å². The van der Waals surface area contributed by atoms with Crippen LogP contribution in [0, 0.1) is 5.92 Å². The molecule has 0 radical (unpaired) electrons. The van der Waals surface area contributed by atoms with Gasteiger partial charge < -0.3 is 15.0 Å². The normalized spacial score (nSPS) is 12.3. The van der Waals surface area contributed by atoms with Crippen LogP contribution in [0.4, 0.5) is 10.5 Å². The maximum atomic E-state index is 14.4. The van der Waals surface area contributed by atoms with Crippen molar-refractivity contribution in [3.8, 4) is 11.4 Å². The maximum absolute atomic E-state index is 14.4. The Morgan fingerprint density at radius 3 is 2.14 bits per heavy atom. The number of rotatable bonds is 11. The number of aromatic nitrogens is 2. The molecule has 4 aromatic rings. The Kier molecular flexibility index (Phi) is 10.3. The second-order valence-corrected chi connectivity index (χ2v) is 12.2. The Morgan fingerprint density at radius 2 is 1.53 bits per heavy atom. The van der Waals surface area contributed by atoms with Crippen LogP contribution in [0.5, 0.6) is 5.75 Å². The number of ether oxygens (including phenoxy) is 1. The topological polar surface area (TPSA) is 76.5 Å². The molecule has 1 heterocycles. The molecule has 228 valence electrons. The second-order valence-electron chi connectivity index (χ2n) is 12.2. The summed E-state index contributed by atoms with van der Waals surface area (Å²) in [5.74, 6) is 1.91. The fourth-order valence-corrected chi connectivity index (χ4v) is 5.63. The summed E-state index contributed by atoms with van der Waals surface area (Å²) >= 11 is 0. The Labute approximate surface area is 255 Å². The van der Waals surface area contributed by atoms with E-state index in [1.807, 2.05) is 54.3 Å². The first kappa shape index (κ1) is 31.8. The zero-order valence-electron chi connectivity index (χ0n) is 26.8. The van der Waals surface area contributed by atoms with Gasteiger partial charge in [-0.05, 0) is 66.0 Å². The minimum absolute atomic E-state index is 0.194. The van der Waals surface area contributed by atoms with Gasteiger partial charge in [-0.25, -0.2) is 9.78 Å². The lowest BCUT2D eigenvalue weighted by Gasteiger charge is -2.34. The monoisotopic (exact) mass is 582 g/mol. The van der Waals surface area contributed by atoms with Crippen molar-refractivity contribution in [2.75, 3.05) is 19.0 Å². The third-order valence-corrected chi connectivity index (χ3v) is 8.00. The Hall–Kier alpha value is -4.13. The average molecular weight is 583 g/mol. The van der Waals surface area contributed by atoms with Crippen LogP contribution in [0.15, 0.2) is 71.5 Å². The maximum Gasteiger partial charge on any atom is 0.322 e. The molecule has 7 nitrogen and oxygen atoms in total. The van der Waals surface area contributed by atoms with Crippen LogP contribution in [0.1, 0.15) is 96.1 Å². The summed E-state index contributed by atoms with van der Waals surface area (Å²) in [4.78, 5) is 35.6. The number of amides is 2. The summed E-state index contributed by atoms with van der Waals surface area (Å²) in [6, 6.07) is 20.4. The largest absolute Gasteiger partial charge is 0.495 e. The molecular formula is C36H46N4O3. The van der Waals surface area contributed by atoms with Crippen LogP contribution in [0.3, 0.4) is 0 Å². The highest BCUT2D eigenvalue weighted by Gasteiger charge is 2.31. The van der Waals surface area contributed by atoms with Gasteiger partial charge in [0, 0.05) is 12.2 Å². The van der Waals surface area contributed by atoms with Crippen molar-refractivity contribution in [3.63, 3.8) is 0 Å². The van der Waals surface area contributed by atoms with Gasteiger partial charge in [-0.3, -0.25) is 9.36 Å². The number of nitrogens with zero attached hydrogens (tertiary/aromatic N) is 3. The van der Waals surface area contributed by atoms with Crippen molar-refractivity contribution in [1.29, 1.82) is 0 Å². The zero-order chi connectivity index (χ0) is 31.3. The predicted octanol–water partition coefficient (Wildman–Crippen LogP) is 8.67. The minimum atomic E-state index is -0.477. The molecule has 2 amide bonds. The number of nitrogens with one attached hydrogen (secondary N) is 1. The summed E-state index contributed by atoms with van der Waals surface area (Å²) in [7, 11) is 1.59. The van der Waals surface area contributed by atoms with Crippen molar-refractivity contribution in [3.05, 3.63) is 94.0 Å². The lowest BCUT2D eigenvalue weighted by molar-refractivity contribution is 0.176. The Morgan fingerprint density at radius 1 is 0.907 bits per heavy atom. The highest BCUT2D eigenvalue weighted by Crippen LogP contribution is 2.35. The summed E-state index contributed by atoms with van der Waals surface area (Å²) in [6.45, 7) is 15.4. The van der Waals surface area contributed by atoms with Gasteiger partial charge in [0.1, 0.15) is 11.6 Å². The number of fused-ring (bicyclic) bond motifs is 1. The molecule has 1 atom stereocenters. The fraction of sp³-hybridized carbons (Fsp3) is 0.417. The highest BCUT2D eigenvalue weighted by molar-refractivity contribution is 5.92. The van der Waals surface area contributed by atoms with Crippen molar-refractivity contribution < 1.29 is 9.53 Å². The molecule has 1 N–H and O–H groups in total. The molecule has 1 aromatic heterocycles. The number of benzene rings is 3. The zero-order valence-corrected chi connectivity index (χ0v) is 26.8. The lowest BCUT2D eigenvalue weighted by atomic mass is 9.92. The van der Waals surface area contributed by atoms with Crippen LogP contribution in [0.2, 0.25) is 0 Å².